The van der Waals surface area contributed by atoms with E-state index in [0.29, 0.717) is 19.3 Å². The Morgan fingerprint density at radius 2 is 0.905 bits per heavy atom. The van der Waals surface area contributed by atoms with Crippen molar-refractivity contribution < 1.29 is 38.2 Å². The summed E-state index contributed by atoms with van der Waals surface area (Å²) in [6.07, 6.45) is 59.3. The number of hydrogen-bond donors (Lipinski definition) is 1. The first kappa shape index (κ1) is 59.5. The summed E-state index contributed by atoms with van der Waals surface area (Å²) in [5.74, 6) is -1.56. The number of carboxylic acids is 1. The molecule has 0 aliphatic rings. The number of esters is 2. The number of hydrogen-bond acceptors (Lipinski definition) is 6. The van der Waals surface area contributed by atoms with Crippen LogP contribution in [0.1, 0.15) is 194 Å². The molecule has 0 bridgehead atoms. The third-order valence-electron chi connectivity index (χ3n) is 10.8. The Balaban J connectivity index is 4.36. The lowest BCUT2D eigenvalue weighted by molar-refractivity contribution is -0.887. The molecular weight excluding hydrogens is 787 g/mol. The Morgan fingerprint density at radius 3 is 1.37 bits per heavy atom. The van der Waals surface area contributed by atoms with Gasteiger partial charge in [-0.1, -0.05) is 176 Å². The molecule has 0 aromatic heterocycles. The third kappa shape index (κ3) is 43.5. The van der Waals surface area contributed by atoms with Crippen molar-refractivity contribution in [2.75, 3.05) is 41.0 Å². The van der Waals surface area contributed by atoms with Crippen LogP contribution >= 0.6 is 0 Å². The molecule has 0 aliphatic heterocycles. The molecule has 0 amide bonds. The van der Waals surface area contributed by atoms with E-state index in [1.807, 2.05) is 21.1 Å². The number of nitrogens with zero attached hydrogens (tertiary/aromatic N) is 1. The van der Waals surface area contributed by atoms with Crippen LogP contribution in [0.15, 0.2) is 85.1 Å². The Hall–Kier alpha value is -3.49. The highest BCUT2D eigenvalue weighted by molar-refractivity contribution is 5.72. The van der Waals surface area contributed by atoms with Gasteiger partial charge in [-0.25, -0.2) is 4.79 Å². The van der Waals surface area contributed by atoms with Gasteiger partial charge in [-0.15, -0.1) is 0 Å². The largest absolute Gasteiger partial charge is 0.477 e. The third-order valence-corrected chi connectivity index (χ3v) is 10.8. The van der Waals surface area contributed by atoms with Gasteiger partial charge in [0.25, 0.3) is 0 Å². The van der Waals surface area contributed by atoms with Gasteiger partial charge in [0.15, 0.2) is 12.1 Å². The van der Waals surface area contributed by atoms with Crippen LogP contribution in [0.25, 0.3) is 0 Å². The van der Waals surface area contributed by atoms with Crippen molar-refractivity contribution in [2.45, 2.75) is 206 Å². The quantitative estimate of drug-likeness (QED) is 0.0282. The molecule has 0 rings (SSSR count). The molecule has 0 spiro atoms. The average molecular weight is 881 g/mol. The molecule has 0 aromatic carbocycles. The van der Waals surface area contributed by atoms with E-state index >= 15 is 0 Å². The van der Waals surface area contributed by atoms with Crippen molar-refractivity contribution in [2.24, 2.45) is 0 Å². The van der Waals surface area contributed by atoms with Gasteiger partial charge in [0.05, 0.1) is 34.4 Å². The Kier molecular flexibility index (Phi) is 42.6. The van der Waals surface area contributed by atoms with Crippen molar-refractivity contribution >= 4 is 17.9 Å². The van der Waals surface area contributed by atoms with Gasteiger partial charge in [0.2, 0.25) is 0 Å². The molecule has 0 fully saturated rings. The number of carbonyl (C=O) groups is 3. The summed E-state index contributed by atoms with van der Waals surface area (Å²) in [7, 11) is 5.51. The van der Waals surface area contributed by atoms with Gasteiger partial charge in [-0.2, -0.15) is 0 Å². The lowest BCUT2D eigenvalue weighted by Crippen LogP contribution is -2.50. The lowest BCUT2D eigenvalue weighted by Gasteiger charge is -2.31. The standard InChI is InChI=1S/C55H93NO7/c1-6-8-10-12-14-16-18-20-22-24-25-26-27-28-30-32-34-36-38-40-42-44-46-54(58)63-51(49-61-48-47-52(55(59)60)56(3,4)5)50-62-53(57)45-43-41-39-37-35-33-31-29-23-21-19-17-15-13-11-9-7-2/h9,11,15,17,21,23-25,27-28,31,33,37,39,51-52H,6-8,10,12-14,16,18-20,22,26,29-30,32,34-36,38,40-50H2,1-5H3/p+1/b11-9+,17-15+,23-21+,25-24+,28-27+,33-31+,39-37+. The fraction of sp³-hybridized carbons (Fsp3) is 0.691. The minimum absolute atomic E-state index is 0.0355. The van der Waals surface area contributed by atoms with Crippen LogP contribution in [0.2, 0.25) is 0 Å². The summed E-state index contributed by atoms with van der Waals surface area (Å²) >= 11 is 0. The van der Waals surface area contributed by atoms with Gasteiger partial charge < -0.3 is 23.8 Å². The topological polar surface area (TPSA) is 99.1 Å². The summed E-state index contributed by atoms with van der Waals surface area (Å²) in [4.78, 5) is 37.1. The van der Waals surface area contributed by atoms with Crippen molar-refractivity contribution in [1.29, 1.82) is 0 Å². The van der Waals surface area contributed by atoms with Gasteiger partial charge in [-0.05, 0) is 83.5 Å². The van der Waals surface area contributed by atoms with Crippen LogP contribution < -0.4 is 0 Å². The van der Waals surface area contributed by atoms with E-state index in [1.165, 1.54) is 83.5 Å². The number of ether oxygens (including phenoxy) is 3. The van der Waals surface area contributed by atoms with Crippen molar-refractivity contribution in [3.8, 4) is 0 Å². The number of rotatable bonds is 44. The monoisotopic (exact) mass is 881 g/mol. The molecule has 0 heterocycles. The van der Waals surface area contributed by atoms with Crippen molar-refractivity contribution in [3.05, 3.63) is 85.1 Å². The van der Waals surface area contributed by atoms with E-state index in [-0.39, 0.29) is 42.7 Å². The predicted molar refractivity (Wildman–Crippen MR) is 266 cm³/mol. The number of carbonyl (C=O) groups excluding carboxylic acids is 2. The molecule has 2 unspecified atom stereocenters. The first-order valence-electron chi connectivity index (χ1n) is 25.1. The number of quaternary nitrogens is 1. The first-order valence-corrected chi connectivity index (χ1v) is 25.1. The van der Waals surface area contributed by atoms with Crippen LogP contribution in [-0.2, 0) is 28.6 Å². The first-order chi connectivity index (χ1) is 30.6. The molecule has 0 saturated heterocycles. The summed E-state index contributed by atoms with van der Waals surface area (Å²) in [6, 6.07) is -0.629. The smallest absolute Gasteiger partial charge is 0.362 e. The molecule has 0 saturated carbocycles. The van der Waals surface area contributed by atoms with Crippen LogP contribution in [0.4, 0.5) is 0 Å². The molecule has 0 aromatic rings. The molecule has 360 valence electrons. The highest BCUT2D eigenvalue weighted by Gasteiger charge is 2.31. The van der Waals surface area contributed by atoms with E-state index in [9.17, 15) is 19.5 Å². The van der Waals surface area contributed by atoms with E-state index in [1.54, 1.807) is 0 Å². The second-order valence-corrected chi connectivity index (χ2v) is 17.7. The zero-order chi connectivity index (χ0) is 46.3. The highest BCUT2D eigenvalue weighted by Crippen LogP contribution is 2.14. The van der Waals surface area contributed by atoms with E-state index in [4.69, 9.17) is 14.2 Å². The summed E-state index contributed by atoms with van der Waals surface area (Å²) in [5, 5.41) is 9.65. The second kappa shape index (κ2) is 45.1. The van der Waals surface area contributed by atoms with E-state index in [0.717, 1.165) is 70.6 Å². The maximum Gasteiger partial charge on any atom is 0.362 e. The number of allylic oxidation sites excluding steroid dienone is 14. The molecule has 63 heavy (non-hydrogen) atoms. The normalized spacial score (nSPS) is 13.6. The van der Waals surface area contributed by atoms with Gasteiger partial charge >= 0.3 is 17.9 Å². The van der Waals surface area contributed by atoms with Gasteiger partial charge in [0.1, 0.15) is 6.61 Å². The Morgan fingerprint density at radius 1 is 0.492 bits per heavy atom. The van der Waals surface area contributed by atoms with E-state index in [2.05, 4.69) is 98.9 Å². The van der Waals surface area contributed by atoms with Crippen LogP contribution in [-0.4, -0.2) is 80.6 Å². The predicted octanol–water partition coefficient (Wildman–Crippen LogP) is 14.5. The van der Waals surface area contributed by atoms with Crippen molar-refractivity contribution in [3.63, 3.8) is 0 Å². The molecular formula is C55H94NO7+. The molecule has 0 aliphatic carbocycles. The van der Waals surface area contributed by atoms with Gasteiger partial charge in [-0.3, -0.25) is 9.59 Å². The fourth-order valence-electron chi connectivity index (χ4n) is 6.92. The Bertz CT molecular complexity index is 1300. The number of unbranched alkanes of at least 4 members (excludes halogenated alkanes) is 16. The fourth-order valence-corrected chi connectivity index (χ4v) is 6.92. The maximum absolute atomic E-state index is 12.8. The minimum atomic E-state index is -0.886. The Labute approximate surface area is 386 Å². The van der Waals surface area contributed by atoms with Crippen LogP contribution in [0.3, 0.4) is 0 Å². The minimum Gasteiger partial charge on any atom is -0.477 e. The zero-order valence-electron chi connectivity index (χ0n) is 41.0. The van der Waals surface area contributed by atoms with Crippen molar-refractivity contribution in [1.82, 2.24) is 0 Å². The van der Waals surface area contributed by atoms with E-state index < -0.39 is 18.1 Å². The SMILES string of the molecule is CC/C=C/C/C=C/C/C=C/C/C=C/C/C=C/CCCC(=O)OCC(COCCC(C(=O)O)[N+](C)(C)C)OC(=O)CCCCCCCCC/C=C/C/C=C/CCCCCCCCCC. The van der Waals surface area contributed by atoms with Crippen LogP contribution in [0.5, 0.6) is 0 Å². The zero-order valence-corrected chi connectivity index (χ0v) is 41.0. The molecule has 8 nitrogen and oxygen atoms in total. The maximum atomic E-state index is 12.8. The molecule has 2 atom stereocenters. The molecule has 0 radical (unpaired) electrons. The summed E-state index contributed by atoms with van der Waals surface area (Å²) in [6.45, 7) is 4.55. The number of aliphatic carboxylic acids is 1. The van der Waals surface area contributed by atoms with Crippen LogP contribution in [0, 0.1) is 0 Å². The molecule has 1 N–H and O–H groups in total. The lowest BCUT2D eigenvalue weighted by atomic mass is 10.1. The highest BCUT2D eigenvalue weighted by atomic mass is 16.6. The van der Waals surface area contributed by atoms with Gasteiger partial charge in [0, 0.05) is 19.3 Å². The summed E-state index contributed by atoms with van der Waals surface area (Å²) < 4.78 is 17.3. The summed E-state index contributed by atoms with van der Waals surface area (Å²) in [5.41, 5.74) is 0. The second-order valence-electron chi connectivity index (χ2n) is 17.7. The average Bonchev–Trinajstić information content (AvgIpc) is 3.24. The number of likely N-dealkylation sites (N-methyl/N-ethyl adjacent to an activating group) is 1. The molecule has 8 heteroatoms. The number of carboxylic acid groups (broad SMARTS) is 1.